The SMILES string of the molecule is COCOc1cc2c(c(OCOC)c1)C(=O)O[C@@H](C)CCCC(=O)[C@H]1OC(C)(C)O[C@H]1C/C=C/2. The van der Waals surface area contributed by atoms with Gasteiger partial charge in [0.25, 0.3) is 0 Å². The highest BCUT2D eigenvalue weighted by Crippen LogP contribution is 2.34. The zero-order chi connectivity index (χ0) is 24.7. The summed E-state index contributed by atoms with van der Waals surface area (Å²) in [6, 6.07) is 3.31. The van der Waals surface area contributed by atoms with Crippen LogP contribution in [-0.2, 0) is 28.5 Å². The molecule has 0 radical (unpaired) electrons. The van der Waals surface area contributed by atoms with Gasteiger partial charge in [0.15, 0.2) is 25.2 Å². The van der Waals surface area contributed by atoms with Gasteiger partial charge in [0.2, 0.25) is 0 Å². The van der Waals surface area contributed by atoms with Crippen molar-refractivity contribution in [1.29, 1.82) is 0 Å². The second-order valence-electron chi connectivity index (χ2n) is 8.79. The van der Waals surface area contributed by atoms with E-state index >= 15 is 0 Å². The van der Waals surface area contributed by atoms with Crippen molar-refractivity contribution in [3.8, 4) is 11.5 Å². The van der Waals surface area contributed by atoms with Crippen molar-refractivity contribution < 1.29 is 42.7 Å². The van der Waals surface area contributed by atoms with Crippen LogP contribution in [0.2, 0.25) is 0 Å². The second kappa shape index (κ2) is 11.8. The number of esters is 1. The lowest BCUT2D eigenvalue weighted by molar-refractivity contribution is -0.154. The first-order chi connectivity index (χ1) is 16.2. The van der Waals surface area contributed by atoms with Crippen LogP contribution in [0.25, 0.3) is 6.08 Å². The van der Waals surface area contributed by atoms with E-state index < -0.39 is 30.1 Å². The predicted octanol–water partition coefficient (Wildman–Crippen LogP) is 3.87. The lowest BCUT2D eigenvalue weighted by Crippen LogP contribution is -2.31. The normalized spacial score (nSPS) is 26.1. The summed E-state index contributed by atoms with van der Waals surface area (Å²) in [6.07, 6.45) is 4.00. The summed E-state index contributed by atoms with van der Waals surface area (Å²) >= 11 is 0. The maximum absolute atomic E-state index is 13.2. The van der Waals surface area contributed by atoms with E-state index in [4.69, 9.17) is 33.2 Å². The number of ether oxygens (including phenoxy) is 7. The molecule has 9 heteroatoms. The van der Waals surface area contributed by atoms with Gasteiger partial charge in [0.1, 0.15) is 23.2 Å². The van der Waals surface area contributed by atoms with E-state index in [1.807, 2.05) is 6.08 Å². The molecule has 0 saturated carbocycles. The van der Waals surface area contributed by atoms with Gasteiger partial charge in [0, 0.05) is 26.7 Å². The van der Waals surface area contributed by atoms with Crippen LogP contribution in [0.5, 0.6) is 11.5 Å². The van der Waals surface area contributed by atoms with E-state index in [0.717, 1.165) is 0 Å². The van der Waals surface area contributed by atoms with Crippen molar-refractivity contribution in [3.63, 3.8) is 0 Å². The fourth-order valence-electron chi connectivity index (χ4n) is 4.02. The first-order valence-electron chi connectivity index (χ1n) is 11.4. The minimum absolute atomic E-state index is 0.00883. The molecule has 0 aliphatic carbocycles. The van der Waals surface area contributed by atoms with E-state index in [-0.39, 0.29) is 30.7 Å². The Hall–Kier alpha value is -2.46. The van der Waals surface area contributed by atoms with Crippen LogP contribution >= 0.6 is 0 Å². The quantitative estimate of drug-likeness (QED) is 0.446. The number of hydrogen-bond acceptors (Lipinski definition) is 9. The Morgan fingerprint density at radius 1 is 1.06 bits per heavy atom. The molecule has 0 spiro atoms. The molecule has 34 heavy (non-hydrogen) atoms. The Labute approximate surface area is 200 Å². The minimum Gasteiger partial charge on any atom is -0.467 e. The maximum Gasteiger partial charge on any atom is 0.342 e. The molecule has 1 fully saturated rings. The van der Waals surface area contributed by atoms with Gasteiger partial charge in [-0.1, -0.05) is 12.2 Å². The number of hydrogen-bond donors (Lipinski definition) is 0. The molecule has 1 aromatic carbocycles. The molecule has 0 unspecified atom stereocenters. The van der Waals surface area contributed by atoms with Crippen LogP contribution < -0.4 is 9.47 Å². The second-order valence-corrected chi connectivity index (χ2v) is 8.79. The van der Waals surface area contributed by atoms with E-state index in [9.17, 15) is 9.59 Å². The average molecular weight is 479 g/mol. The van der Waals surface area contributed by atoms with Gasteiger partial charge in [-0.3, -0.25) is 4.79 Å². The topological polar surface area (TPSA) is 98.8 Å². The smallest absolute Gasteiger partial charge is 0.342 e. The molecule has 3 atom stereocenters. The highest BCUT2D eigenvalue weighted by molar-refractivity contribution is 5.97. The van der Waals surface area contributed by atoms with Gasteiger partial charge in [-0.2, -0.15) is 0 Å². The summed E-state index contributed by atoms with van der Waals surface area (Å²) in [7, 11) is 3.01. The number of rotatable bonds is 6. The predicted molar refractivity (Wildman–Crippen MR) is 123 cm³/mol. The van der Waals surface area contributed by atoms with Crippen molar-refractivity contribution in [1.82, 2.24) is 0 Å². The Morgan fingerprint density at radius 3 is 2.53 bits per heavy atom. The zero-order valence-electron chi connectivity index (χ0n) is 20.5. The maximum atomic E-state index is 13.2. The highest BCUT2D eigenvalue weighted by atomic mass is 16.8. The van der Waals surface area contributed by atoms with Gasteiger partial charge in [-0.15, -0.1) is 0 Å². The van der Waals surface area contributed by atoms with E-state index in [2.05, 4.69) is 0 Å². The summed E-state index contributed by atoms with van der Waals surface area (Å²) in [6.45, 7) is 5.37. The number of ketones is 1. The van der Waals surface area contributed by atoms with Gasteiger partial charge in [-0.05, 0) is 51.7 Å². The number of carbonyl (C=O) groups is 2. The van der Waals surface area contributed by atoms with E-state index in [1.54, 1.807) is 39.0 Å². The number of fused-ring (bicyclic) bond motifs is 2. The third-order valence-corrected chi connectivity index (χ3v) is 5.49. The van der Waals surface area contributed by atoms with Gasteiger partial charge >= 0.3 is 5.97 Å². The molecule has 1 aromatic rings. The molecule has 2 aliphatic heterocycles. The van der Waals surface area contributed by atoms with Gasteiger partial charge in [0.05, 0.1) is 12.2 Å². The van der Waals surface area contributed by atoms with Gasteiger partial charge in [-0.25, -0.2) is 4.79 Å². The lowest BCUT2D eigenvalue weighted by atomic mass is 9.99. The summed E-state index contributed by atoms with van der Waals surface area (Å²) in [5.74, 6) is -0.661. The summed E-state index contributed by atoms with van der Waals surface area (Å²) in [5, 5.41) is 0. The summed E-state index contributed by atoms with van der Waals surface area (Å²) < 4.78 is 38.9. The highest BCUT2D eigenvalue weighted by Gasteiger charge is 2.44. The number of Topliss-reactive ketones (excluding diaryl/α,β-unsaturated/α-hetero) is 1. The van der Waals surface area contributed by atoms with Crippen LogP contribution in [0.15, 0.2) is 18.2 Å². The largest absolute Gasteiger partial charge is 0.467 e. The molecule has 188 valence electrons. The number of carbonyl (C=O) groups excluding carboxylic acids is 2. The van der Waals surface area contributed by atoms with Crippen LogP contribution in [0.4, 0.5) is 0 Å². The average Bonchev–Trinajstić information content (AvgIpc) is 3.09. The number of cyclic esters (lactones) is 1. The molecule has 1 saturated heterocycles. The Balaban J connectivity index is 2.01. The monoisotopic (exact) mass is 478 g/mol. The van der Waals surface area contributed by atoms with Crippen molar-refractivity contribution >= 4 is 17.8 Å². The van der Waals surface area contributed by atoms with Gasteiger partial charge < -0.3 is 33.2 Å². The van der Waals surface area contributed by atoms with E-state index in [0.29, 0.717) is 37.0 Å². The molecule has 2 heterocycles. The molecule has 0 bridgehead atoms. The molecular weight excluding hydrogens is 444 g/mol. The molecular formula is C25H34O9. The van der Waals surface area contributed by atoms with Crippen LogP contribution in [0.1, 0.15) is 62.4 Å². The third kappa shape index (κ3) is 6.79. The Bertz CT molecular complexity index is 893. The molecule has 0 N–H and O–H groups in total. The molecule has 2 aliphatic rings. The lowest BCUT2D eigenvalue weighted by Gasteiger charge is -2.19. The first-order valence-corrected chi connectivity index (χ1v) is 11.4. The fourth-order valence-corrected chi connectivity index (χ4v) is 4.02. The minimum atomic E-state index is -0.848. The van der Waals surface area contributed by atoms with Crippen LogP contribution in [0, 0.1) is 0 Å². The summed E-state index contributed by atoms with van der Waals surface area (Å²) in [4.78, 5) is 26.0. The third-order valence-electron chi connectivity index (χ3n) is 5.49. The molecule has 9 nitrogen and oxygen atoms in total. The van der Waals surface area contributed by atoms with Crippen molar-refractivity contribution in [3.05, 3.63) is 29.3 Å². The van der Waals surface area contributed by atoms with Crippen molar-refractivity contribution in [2.24, 2.45) is 0 Å². The first kappa shape index (κ1) is 26.2. The van der Waals surface area contributed by atoms with Crippen molar-refractivity contribution in [2.45, 2.75) is 70.6 Å². The molecule has 0 amide bonds. The zero-order valence-corrected chi connectivity index (χ0v) is 20.5. The fraction of sp³-hybridized carbons (Fsp3) is 0.600. The van der Waals surface area contributed by atoms with E-state index in [1.165, 1.54) is 14.2 Å². The number of benzene rings is 1. The molecule has 3 rings (SSSR count). The molecule has 0 aromatic heterocycles. The Morgan fingerprint density at radius 2 is 1.79 bits per heavy atom. The van der Waals surface area contributed by atoms with Crippen LogP contribution in [0.3, 0.4) is 0 Å². The Kier molecular flexibility index (Phi) is 9.07. The van der Waals surface area contributed by atoms with Crippen molar-refractivity contribution in [2.75, 3.05) is 27.8 Å². The standard InChI is InChI=1S/C25H34O9/c1-16-8-6-10-19(26)23-20(33-25(2,3)34-23)11-7-9-17-12-18(30-14-28-4)13-21(31-15-29-5)22(17)24(27)32-16/h7,9,12-13,16,20,23H,6,8,10-11,14-15H2,1-5H3/b9-7+/t16-,20-,23+/m0/s1. The van der Waals surface area contributed by atoms with Crippen LogP contribution in [-0.4, -0.2) is 63.7 Å². The summed E-state index contributed by atoms with van der Waals surface area (Å²) in [5.41, 5.74) is 0.800. The number of methoxy groups -OCH3 is 2.